The van der Waals surface area contributed by atoms with E-state index in [2.05, 4.69) is 32.3 Å². The van der Waals surface area contributed by atoms with E-state index in [0.29, 0.717) is 6.42 Å². The van der Waals surface area contributed by atoms with Gasteiger partial charge in [0.25, 0.3) is 0 Å². The minimum Gasteiger partial charge on any atom is -0.355 e. The first-order valence-electron chi connectivity index (χ1n) is 7.84. The summed E-state index contributed by atoms with van der Waals surface area (Å²) < 4.78 is 0.266. The number of amides is 1. The predicted octanol–water partition coefficient (Wildman–Crippen LogP) is 3.32. The summed E-state index contributed by atoms with van der Waals surface area (Å²) in [6.07, 6.45) is 9.87. The Bertz CT molecular complexity index is 306. The number of thioether (sulfide) groups is 1. The van der Waals surface area contributed by atoms with Crippen molar-refractivity contribution in [1.29, 1.82) is 0 Å². The number of rotatable bonds is 6. The van der Waals surface area contributed by atoms with Crippen LogP contribution in [0.15, 0.2) is 0 Å². The van der Waals surface area contributed by atoms with E-state index in [0.717, 1.165) is 13.0 Å². The van der Waals surface area contributed by atoms with Gasteiger partial charge in [0, 0.05) is 23.8 Å². The highest BCUT2D eigenvalue weighted by Gasteiger charge is 2.31. The smallest absolute Gasteiger partial charge is 0.221 e. The summed E-state index contributed by atoms with van der Waals surface area (Å²) in [5.41, 5.74) is 6.25. The van der Waals surface area contributed by atoms with Crippen molar-refractivity contribution in [3.8, 4) is 0 Å². The van der Waals surface area contributed by atoms with Gasteiger partial charge in [-0.2, -0.15) is 11.8 Å². The molecule has 3 nitrogen and oxygen atoms in total. The Morgan fingerprint density at radius 3 is 2.40 bits per heavy atom. The van der Waals surface area contributed by atoms with Crippen molar-refractivity contribution < 1.29 is 4.79 Å². The van der Waals surface area contributed by atoms with Crippen LogP contribution < -0.4 is 11.1 Å². The van der Waals surface area contributed by atoms with Crippen LogP contribution >= 0.6 is 11.8 Å². The van der Waals surface area contributed by atoms with Crippen LogP contribution in [-0.2, 0) is 4.79 Å². The number of hydrogen-bond acceptors (Lipinski definition) is 3. The molecule has 1 unspecified atom stereocenters. The van der Waals surface area contributed by atoms with Crippen LogP contribution in [0.4, 0.5) is 0 Å². The normalized spacial score (nSPS) is 20.4. The van der Waals surface area contributed by atoms with E-state index in [1.807, 2.05) is 11.8 Å². The van der Waals surface area contributed by atoms with Crippen molar-refractivity contribution in [3.63, 3.8) is 0 Å². The second-order valence-electron chi connectivity index (χ2n) is 7.45. The third kappa shape index (κ3) is 6.49. The van der Waals surface area contributed by atoms with Crippen molar-refractivity contribution in [3.05, 3.63) is 0 Å². The van der Waals surface area contributed by atoms with Crippen molar-refractivity contribution >= 4 is 17.7 Å². The molecule has 1 saturated carbocycles. The van der Waals surface area contributed by atoms with Gasteiger partial charge >= 0.3 is 0 Å². The molecule has 0 aromatic heterocycles. The summed E-state index contributed by atoms with van der Waals surface area (Å²) in [7, 11) is 0. The lowest BCUT2D eigenvalue weighted by Gasteiger charge is -2.36. The van der Waals surface area contributed by atoms with Gasteiger partial charge in [-0.3, -0.25) is 4.79 Å². The molecular formula is C16H32N2OS. The fourth-order valence-corrected chi connectivity index (χ4v) is 3.99. The van der Waals surface area contributed by atoms with Crippen LogP contribution in [0.1, 0.15) is 65.7 Å². The Hall–Kier alpha value is -0.220. The maximum absolute atomic E-state index is 12.0. The van der Waals surface area contributed by atoms with E-state index in [1.165, 1.54) is 32.1 Å². The Morgan fingerprint density at radius 1 is 1.30 bits per heavy atom. The Balaban J connectivity index is 2.35. The summed E-state index contributed by atoms with van der Waals surface area (Å²) >= 11 is 1.92. The number of nitrogens with one attached hydrogen (secondary N) is 1. The molecule has 0 bridgehead atoms. The highest BCUT2D eigenvalue weighted by Crippen LogP contribution is 2.37. The summed E-state index contributed by atoms with van der Waals surface area (Å²) in [6.45, 7) is 7.29. The van der Waals surface area contributed by atoms with E-state index in [1.54, 1.807) is 0 Å². The Morgan fingerprint density at radius 2 is 1.90 bits per heavy atom. The zero-order valence-corrected chi connectivity index (χ0v) is 14.4. The zero-order valence-electron chi connectivity index (χ0n) is 13.6. The molecule has 1 rings (SSSR count). The standard InChI is InChI=1S/C16H32N2OS/c1-15(2,3)11-13(17)10-14(19)18-12-16(20-4)8-6-5-7-9-16/h13H,5-12,17H2,1-4H3,(H,18,19). The number of carbonyl (C=O) groups excluding carboxylic acids is 1. The van der Waals surface area contributed by atoms with Crippen LogP contribution in [0.25, 0.3) is 0 Å². The van der Waals surface area contributed by atoms with E-state index in [4.69, 9.17) is 5.73 Å². The molecule has 0 radical (unpaired) electrons. The molecule has 0 saturated heterocycles. The van der Waals surface area contributed by atoms with Gasteiger partial charge in [0.15, 0.2) is 0 Å². The molecule has 1 atom stereocenters. The van der Waals surface area contributed by atoms with Gasteiger partial charge in [0.2, 0.25) is 5.91 Å². The molecule has 1 amide bonds. The number of carbonyl (C=O) groups is 1. The van der Waals surface area contributed by atoms with Gasteiger partial charge in [-0.1, -0.05) is 40.0 Å². The van der Waals surface area contributed by atoms with E-state index < -0.39 is 0 Å². The largest absolute Gasteiger partial charge is 0.355 e. The van der Waals surface area contributed by atoms with Gasteiger partial charge in [-0.15, -0.1) is 0 Å². The van der Waals surface area contributed by atoms with Crippen molar-refractivity contribution in [2.24, 2.45) is 11.1 Å². The van der Waals surface area contributed by atoms with Gasteiger partial charge in [0.05, 0.1) is 0 Å². The van der Waals surface area contributed by atoms with Crippen LogP contribution in [0, 0.1) is 5.41 Å². The quantitative estimate of drug-likeness (QED) is 0.791. The van der Waals surface area contributed by atoms with Gasteiger partial charge in [-0.05, 0) is 30.9 Å². The molecule has 0 spiro atoms. The third-order valence-electron chi connectivity index (χ3n) is 4.13. The third-order valence-corrected chi connectivity index (χ3v) is 5.55. The molecule has 20 heavy (non-hydrogen) atoms. The van der Waals surface area contributed by atoms with E-state index in [-0.39, 0.29) is 22.1 Å². The molecule has 0 aliphatic heterocycles. The molecular weight excluding hydrogens is 268 g/mol. The summed E-state index contributed by atoms with van der Waals surface area (Å²) in [6, 6.07) is -0.0356. The van der Waals surface area contributed by atoms with E-state index >= 15 is 0 Å². The molecule has 1 aliphatic carbocycles. The predicted molar refractivity (Wildman–Crippen MR) is 89.0 cm³/mol. The van der Waals surface area contributed by atoms with Gasteiger partial charge in [0.1, 0.15) is 0 Å². The zero-order chi connectivity index (χ0) is 15.2. The molecule has 0 aromatic carbocycles. The molecule has 1 aliphatic rings. The van der Waals surface area contributed by atoms with Crippen LogP contribution in [0.3, 0.4) is 0 Å². The monoisotopic (exact) mass is 300 g/mol. The first-order valence-corrected chi connectivity index (χ1v) is 9.06. The number of hydrogen-bond donors (Lipinski definition) is 2. The molecule has 0 aromatic rings. The number of nitrogens with two attached hydrogens (primary N) is 1. The minimum atomic E-state index is -0.0356. The minimum absolute atomic E-state index is 0.0356. The SMILES string of the molecule is CSC1(CNC(=O)CC(N)CC(C)(C)C)CCCCC1. The highest BCUT2D eigenvalue weighted by atomic mass is 32.2. The summed E-state index contributed by atoms with van der Waals surface area (Å²) in [4.78, 5) is 12.0. The summed E-state index contributed by atoms with van der Waals surface area (Å²) in [5, 5.41) is 3.12. The van der Waals surface area contributed by atoms with Crippen LogP contribution in [-0.4, -0.2) is 29.5 Å². The maximum atomic E-state index is 12.0. The highest BCUT2D eigenvalue weighted by molar-refractivity contribution is 8.00. The van der Waals surface area contributed by atoms with Gasteiger partial charge < -0.3 is 11.1 Å². The first kappa shape index (κ1) is 17.8. The second kappa shape index (κ2) is 7.69. The lowest BCUT2D eigenvalue weighted by atomic mass is 9.87. The molecule has 0 heterocycles. The Kier molecular flexibility index (Phi) is 6.86. The molecule has 4 heteroatoms. The fourth-order valence-electron chi connectivity index (χ4n) is 3.08. The summed E-state index contributed by atoms with van der Waals surface area (Å²) in [5.74, 6) is 0.112. The van der Waals surface area contributed by atoms with Crippen LogP contribution in [0.5, 0.6) is 0 Å². The van der Waals surface area contributed by atoms with Crippen molar-refractivity contribution in [2.75, 3.05) is 12.8 Å². The van der Waals surface area contributed by atoms with Crippen LogP contribution in [0.2, 0.25) is 0 Å². The van der Waals surface area contributed by atoms with E-state index in [9.17, 15) is 4.79 Å². The fraction of sp³-hybridized carbons (Fsp3) is 0.938. The lowest BCUT2D eigenvalue weighted by molar-refractivity contribution is -0.121. The van der Waals surface area contributed by atoms with Crippen molar-refractivity contribution in [2.45, 2.75) is 76.5 Å². The second-order valence-corrected chi connectivity index (χ2v) is 8.73. The maximum Gasteiger partial charge on any atom is 0.221 e. The van der Waals surface area contributed by atoms with Gasteiger partial charge in [-0.25, -0.2) is 0 Å². The lowest BCUT2D eigenvalue weighted by Crippen LogP contribution is -2.43. The average Bonchev–Trinajstić information content (AvgIpc) is 2.35. The average molecular weight is 301 g/mol. The topological polar surface area (TPSA) is 55.1 Å². The molecule has 118 valence electrons. The Labute approximate surface area is 128 Å². The molecule has 1 fully saturated rings. The first-order chi connectivity index (χ1) is 9.26. The molecule has 3 N–H and O–H groups in total. The van der Waals surface area contributed by atoms with Crippen molar-refractivity contribution in [1.82, 2.24) is 5.32 Å².